The minimum Gasteiger partial charge on any atom is -0.455 e. The molecule has 1 aliphatic rings. The van der Waals surface area contributed by atoms with Crippen molar-refractivity contribution < 1.29 is 18.2 Å². The van der Waals surface area contributed by atoms with Crippen molar-refractivity contribution in [2.75, 3.05) is 39.4 Å². The number of rotatable bonds is 8. The maximum Gasteiger partial charge on any atom is 0.287 e. The number of furan rings is 1. The summed E-state index contributed by atoms with van der Waals surface area (Å²) in [6.07, 6.45) is 0. The van der Waals surface area contributed by atoms with E-state index in [4.69, 9.17) is 20.8 Å². The molecule has 1 fully saturated rings. The molecule has 3 rings (SSSR count). The van der Waals surface area contributed by atoms with Crippen molar-refractivity contribution in [2.45, 2.75) is 11.5 Å². The summed E-state index contributed by atoms with van der Waals surface area (Å²) in [4.78, 5) is 14.4. The van der Waals surface area contributed by atoms with Crippen molar-refractivity contribution in [2.24, 2.45) is 0 Å². The Morgan fingerprint density at radius 1 is 1.19 bits per heavy atom. The van der Waals surface area contributed by atoms with Gasteiger partial charge >= 0.3 is 0 Å². The number of halogens is 1. The summed E-state index contributed by atoms with van der Waals surface area (Å²) in [5.74, 6) is 1.17. The second-order valence-electron chi connectivity index (χ2n) is 6.33. The van der Waals surface area contributed by atoms with Gasteiger partial charge in [-0.1, -0.05) is 23.7 Å². The van der Waals surface area contributed by atoms with Crippen molar-refractivity contribution in [1.82, 2.24) is 10.2 Å². The molecular formula is C19H23ClN2O4S. The summed E-state index contributed by atoms with van der Waals surface area (Å²) in [6.45, 7) is 4.59. The van der Waals surface area contributed by atoms with Crippen molar-refractivity contribution >= 4 is 28.3 Å². The Bertz CT molecular complexity index is 790. The molecule has 27 heavy (non-hydrogen) atoms. The lowest BCUT2D eigenvalue weighted by Gasteiger charge is -2.26. The topological polar surface area (TPSA) is 71.8 Å². The van der Waals surface area contributed by atoms with Gasteiger partial charge in [-0.25, -0.2) is 0 Å². The lowest BCUT2D eigenvalue weighted by atomic mass is 10.2. The lowest BCUT2D eigenvalue weighted by Crippen LogP contribution is -2.41. The fourth-order valence-corrected chi connectivity index (χ4v) is 4.18. The van der Waals surface area contributed by atoms with Crippen LogP contribution in [0.5, 0.6) is 0 Å². The number of ether oxygens (including phenoxy) is 1. The van der Waals surface area contributed by atoms with Crippen LogP contribution in [0.3, 0.4) is 0 Å². The molecule has 0 radical (unpaired) electrons. The van der Waals surface area contributed by atoms with Gasteiger partial charge in [-0.2, -0.15) is 0 Å². The van der Waals surface area contributed by atoms with Crippen LogP contribution in [0.1, 0.15) is 21.9 Å². The lowest BCUT2D eigenvalue weighted by molar-refractivity contribution is 0.0382. The molecule has 0 bridgehead atoms. The van der Waals surface area contributed by atoms with E-state index in [1.54, 1.807) is 24.3 Å². The van der Waals surface area contributed by atoms with Gasteiger partial charge in [0, 0.05) is 47.8 Å². The summed E-state index contributed by atoms with van der Waals surface area (Å²) >= 11 is 5.95. The number of nitrogens with one attached hydrogen (secondary N) is 1. The van der Waals surface area contributed by atoms with Gasteiger partial charge in [0.25, 0.3) is 5.91 Å². The quantitative estimate of drug-likeness (QED) is 0.723. The van der Waals surface area contributed by atoms with Gasteiger partial charge in [-0.15, -0.1) is 0 Å². The van der Waals surface area contributed by atoms with E-state index in [9.17, 15) is 9.00 Å². The zero-order valence-corrected chi connectivity index (χ0v) is 16.6. The molecule has 1 N–H and O–H groups in total. The first kappa shape index (κ1) is 20.1. The number of nitrogens with zero attached hydrogens (tertiary/aromatic N) is 1. The second-order valence-corrected chi connectivity index (χ2v) is 8.23. The van der Waals surface area contributed by atoms with E-state index in [0.717, 1.165) is 38.4 Å². The first-order chi connectivity index (χ1) is 13.1. The molecule has 0 aliphatic carbocycles. The summed E-state index contributed by atoms with van der Waals surface area (Å²) in [5, 5.41) is 3.48. The highest BCUT2D eigenvalue weighted by Gasteiger charge is 2.14. The van der Waals surface area contributed by atoms with Gasteiger partial charge in [0.1, 0.15) is 5.76 Å². The van der Waals surface area contributed by atoms with Crippen LogP contribution in [0.4, 0.5) is 0 Å². The van der Waals surface area contributed by atoms with E-state index < -0.39 is 10.8 Å². The third kappa shape index (κ3) is 6.46. The molecule has 6 nitrogen and oxygen atoms in total. The summed E-state index contributed by atoms with van der Waals surface area (Å²) in [5.41, 5.74) is 0.911. The van der Waals surface area contributed by atoms with Gasteiger partial charge in [-0.3, -0.25) is 13.9 Å². The fraction of sp³-hybridized carbons (Fsp3) is 0.421. The van der Waals surface area contributed by atoms with Gasteiger partial charge in [-0.05, 0) is 29.8 Å². The van der Waals surface area contributed by atoms with Gasteiger partial charge < -0.3 is 14.5 Å². The first-order valence-electron chi connectivity index (χ1n) is 8.86. The SMILES string of the molecule is O=C(NCCN1CCOCC1)c1ccc(C[S@](=O)Cc2cccc(Cl)c2)o1. The summed E-state index contributed by atoms with van der Waals surface area (Å²) < 4.78 is 23.2. The average Bonchev–Trinajstić information content (AvgIpc) is 3.11. The molecular weight excluding hydrogens is 388 g/mol. The van der Waals surface area contributed by atoms with Crippen LogP contribution in [0, 0.1) is 0 Å². The Kier molecular flexibility index (Phi) is 7.46. The van der Waals surface area contributed by atoms with Crippen LogP contribution in [-0.4, -0.2) is 54.4 Å². The molecule has 1 aromatic carbocycles. The second kappa shape index (κ2) is 10.0. The zero-order valence-electron chi connectivity index (χ0n) is 15.0. The third-order valence-electron chi connectivity index (χ3n) is 4.22. The molecule has 1 saturated heterocycles. The van der Waals surface area contributed by atoms with Crippen LogP contribution in [0.15, 0.2) is 40.8 Å². The highest BCUT2D eigenvalue weighted by molar-refractivity contribution is 7.83. The molecule has 2 aromatic rings. The van der Waals surface area contributed by atoms with Crippen LogP contribution in [0.2, 0.25) is 5.02 Å². The summed E-state index contributed by atoms with van der Waals surface area (Å²) in [7, 11) is -1.14. The third-order valence-corrected chi connectivity index (χ3v) is 5.72. The number of morpholine rings is 1. The van der Waals surface area contributed by atoms with E-state index in [1.807, 2.05) is 12.1 Å². The van der Waals surface area contributed by atoms with Crippen LogP contribution < -0.4 is 5.32 Å². The number of hydrogen-bond donors (Lipinski definition) is 1. The molecule has 1 atom stereocenters. The highest BCUT2D eigenvalue weighted by atomic mass is 35.5. The fourth-order valence-electron chi connectivity index (χ4n) is 2.84. The maximum atomic E-state index is 12.3. The molecule has 1 amide bonds. The number of carbonyl (C=O) groups is 1. The van der Waals surface area contributed by atoms with E-state index >= 15 is 0 Å². The molecule has 0 spiro atoms. The number of amides is 1. The van der Waals surface area contributed by atoms with Crippen molar-refractivity contribution in [1.29, 1.82) is 0 Å². The smallest absolute Gasteiger partial charge is 0.287 e. The average molecular weight is 411 g/mol. The normalized spacial score (nSPS) is 16.2. The molecule has 2 heterocycles. The number of benzene rings is 1. The predicted octanol–water partition coefficient (Wildman–Crippen LogP) is 2.44. The molecule has 8 heteroatoms. The van der Waals surface area contributed by atoms with Crippen molar-refractivity contribution in [3.63, 3.8) is 0 Å². The molecule has 1 aliphatic heterocycles. The van der Waals surface area contributed by atoms with E-state index in [2.05, 4.69) is 10.2 Å². The summed E-state index contributed by atoms with van der Waals surface area (Å²) in [6, 6.07) is 10.6. The molecule has 0 unspecified atom stereocenters. The molecule has 146 valence electrons. The standard InChI is InChI=1S/C19H23ClN2O4S/c20-16-3-1-2-15(12-16)13-27(24)14-17-4-5-18(26-17)19(23)21-6-7-22-8-10-25-11-9-22/h1-5,12H,6-11,13-14H2,(H,21,23)/t27-/m1/s1. The van der Waals surface area contributed by atoms with Crippen LogP contribution >= 0.6 is 11.6 Å². The van der Waals surface area contributed by atoms with Crippen molar-refractivity contribution in [3.05, 3.63) is 58.5 Å². The Balaban J connectivity index is 1.44. The Morgan fingerprint density at radius 3 is 2.78 bits per heavy atom. The Labute approximate surface area is 166 Å². The highest BCUT2D eigenvalue weighted by Crippen LogP contribution is 2.15. The first-order valence-corrected chi connectivity index (χ1v) is 10.7. The molecule has 0 saturated carbocycles. The molecule has 1 aromatic heterocycles. The van der Waals surface area contributed by atoms with Gasteiger partial charge in [0.15, 0.2) is 5.76 Å². The minimum atomic E-state index is -1.14. The Morgan fingerprint density at radius 2 is 2.00 bits per heavy atom. The largest absolute Gasteiger partial charge is 0.455 e. The maximum absolute atomic E-state index is 12.3. The number of carbonyl (C=O) groups excluding carboxylic acids is 1. The van der Waals surface area contributed by atoms with Gasteiger partial charge in [0.05, 0.1) is 19.0 Å². The zero-order chi connectivity index (χ0) is 19.1. The van der Waals surface area contributed by atoms with Crippen LogP contribution in [0.25, 0.3) is 0 Å². The van der Waals surface area contributed by atoms with Gasteiger partial charge in [0.2, 0.25) is 0 Å². The van der Waals surface area contributed by atoms with E-state index in [-0.39, 0.29) is 17.4 Å². The minimum absolute atomic E-state index is 0.242. The van der Waals surface area contributed by atoms with Crippen LogP contribution in [-0.2, 0) is 27.0 Å². The predicted molar refractivity (Wildman–Crippen MR) is 105 cm³/mol. The van der Waals surface area contributed by atoms with E-state index in [1.165, 1.54) is 0 Å². The van der Waals surface area contributed by atoms with E-state index in [0.29, 0.717) is 23.1 Å². The monoisotopic (exact) mass is 410 g/mol. The number of hydrogen-bond acceptors (Lipinski definition) is 5. The van der Waals surface area contributed by atoms with Crippen molar-refractivity contribution in [3.8, 4) is 0 Å². The Hall–Kier alpha value is -1.67.